The minimum absolute atomic E-state index is 0.341. The summed E-state index contributed by atoms with van der Waals surface area (Å²) in [5, 5.41) is 9.31. The zero-order valence-electron chi connectivity index (χ0n) is 10.9. The number of hydrogen-bond acceptors (Lipinski definition) is 2. The highest BCUT2D eigenvalue weighted by molar-refractivity contribution is 6.30. The van der Waals surface area contributed by atoms with E-state index in [1.165, 1.54) is 0 Å². The molecule has 0 amide bonds. The van der Waals surface area contributed by atoms with Gasteiger partial charge in [-0.3, -0.25) is 0 Å². The summed E-state index contributed by atoms with van der Waals surface area (Å²) in [6.07, 6.45) is 2.71. The Bertz CT molecular complexity index is 455. The summed E-state index contributed by atoms with van der Waals surface area (Å²) in [6, 6.07) is 5.86. The molecule has 0 atom stereocenters. The summed E-state index contributed by atoms with van der Waals surface area (Å²) in [7, 11) is 0. The van der Waals surface area contributed by atoms with Gasteiger partial charge < -0.3 is 10.0 Å². The van der Waals surface area contributed by atoms with E-state index in [0.717, 1.165) is 23.9 Å². The third kappa shape index (κ3) is 3.77. The van der Waals surface area contributed by atoms with Crippen molar-refractivity contribution in [2.75, 3.05) is 11.4 Å². The van der Waals surface area contributed by atoms with Crippen LogP contribution in [0.1, 0.15) is 26.3 Å². The number of aliphatic carboxylic acids is 1. The van der Waals surface area contributed by atoms with Crippen molar-refractivity contribution in [3.8, 4) is 0 Å². The molecular weight excluding hydrogens is 250 g/mol. The van der Waals surface area contributed by atoms with Crippen LogP contribution in [0.15, 0.2) is 24.3 Å². The van der Waals surface area contributed by atoms with Crippen molar-refractivity contribution in [1.29, 1.82) is 0 Å². The lowest BCUT2D eigenvalue weighted by molar-refractivity contribution is -0.131. The van der Waals surface area contributed by atoms with E-state index < -0.39 is 5.97 Å². The molecular formula is C14H18ClNO2. The number of nitrogens with zero attached hydrogens (tertiary/aromatic N) is 1. The summed E-state index contributed by atoms with van der Waals surface area (Å²) in [4.78, 5) is 12.8. The Morgan fingerprint density at radius 2 is 2.17 bits per heavy atom. The molecule has 0 spiro atoms. The van der Waals surface area contributed by atoms with E-state index in [2.05, 4.69) is 25.7 Å². The van der Waals surface area contributed by atoms with Crippen molar-refractivity contribution in [1.82, 2.24) is 0 Å². The molecule has 4 heteroatoms. The van der Waals surface area contributed by atoms with E-state index in [1.807, 2.05) is 12.1 Å². The molecule has 3 nitrogen and oxygen atoms in total. The van der Waals surface area contributed by atoms with Gasteiger partial charge in [-0.1, -0.05) is 11.6 Å². The monoisotopic (exact) mass is 267 g/mol. The molecule has 0 radical (unpaired) electrons. The van der Waals surface area contributed by atoms with Gasteiger partial charge in [0.1, 0.15) is 0 Å². The molecule has 0 saturated heterocycles. The van der Waals surface area contributed by atoms with E-state index in [1.54, 1.807) is 12.1 Å². The van der Waals surface area contributed by atoms with Gasteiger partial charge in [0.05, 0.1) is 0 Å². The van der Waals surface area contributed by atoms with Gasteiger partial charge in [0.2, 0.25) is 0 Å². The molecule has 0 aromatic heterocycles. The average molecular weight is 268 g/mol. The highest BCUT2D eigenvalue weighted by atomic mass is 35.5. The molecule has 0 fully saturated rings. The second-order valence-corrected chi connectivity index (χ2v) is 4.69. The van der Waals surface area contributed by atoms with E-state index in [-0.39, 0.29) is 0 Å². The summed E-state index contributed by atoms with van der Waals surface area (Å²) < 4.78 is 0. The normalized spacial score (nSPS) is 11.2. The van der Waals surface area contributed by atoms with Crippen LogP contribution in [0.3, 0.4) is 0 Å². The predicted molar refractivity (Wildman–Crippen MR) is 76.3 cm³/mol. The van der Waals surface area contributed by atoms with Crippen LogP contribution in [0.25, 0.3) is 6.08 Å². The molecule has 1 aromatic rings. The van der Waals surface area contributed by atoms with Gasteiger partial charge >= 0.3 is 5.97 Å². The van der Waals surface area contributed by atoms with Crippen LogP contribution < -0.4 is 4.90 Å². The molecule has 1 rings (SSSR count). The quantitative estimate of drug-likeness (QED) is 0.828. The molecule has 98 valence electrons. The minimum atomic E-state index is -0.964. The van der Waals surface area contributed by atoms with Gasteiger partial charge in [0.15, 0.2) is 0 Å². The molecule has 0 aliphatic rings. The smallest absolute Gasteiger partial charge is 0.328 e. The van der Waals surface area contributed by atoms with Crippen LogP contribution >= 0.6 is 11.6 Å². The van der Waals surface area contributed by atoms with Crippen molar-refractivity contribution >= 4 is 29.3 Å². The molecule has 18 heavy (non-hydrogen) atoms. The number of benzene rings is 1. The third-order valence-corrected chi connectivity index (χ3v) is 2.90. The van der Waals surface area contributed by atoms with Crippen LogP contribution in [0.2, 0.25) is 5.02 Å². The van der Waals surface area contributed by atoms with Gasteiger partial charge in [0.25, 0.3) is 0 Å². The van der Waals surface area contributed by atoms with Crippen molar-refractivity contribution in [3.05, 3.63) is 34.9 Å². The van der Waals surface area contributed by atoms with Gasteiger partial charge in [-0.05, 0) is 50.6 Å². The van der Waals surface area contributed by atoms with Crippen LogP contribution in [0, 0.1) is 0 Å². The summed E-state index contributed by atoms with van der Waals surface area (Å²) in [5.41, 5.74) is 1.81. The Balaban J connectivity index is 3.21. The number of rotatable bonds is 5. The highest BCUT2D eigenvalue weighted by Gasteiger charge is 2.12. The molecule has 1 aromatic carbocycles. The number of anilines is 1. The van der Waals surface area contributed by atoms with E-state index in [9.17, 15) is 4.79 Å². The molecule has 0 bridgehead atoms. The predicted octanol–water partition coefficient (Wildman–Crippen LogP) is 3.67. The van der Waals surface area contributed by atoms with Crippen LogP contribution in [-0.4, -0.2) is 23.7 Å². The van der Waals surface area contributed by atoms with Gasteiger partial charge in [-0.2, -0.15) is 0 Å². The first-order chi connectivity index (χ1) is 8.45. The largest absolute Gasteiger partial charge is 0.478 e. The van der Waals surface area contributed by atoms with Gasteiger partial charge in [0, 0.05) is 29.4 Å². The number of carboxylic acids is 1. The number of halogens is 1. The Kier molecular flexibility index (Phi) is 5.23. The van der Waals surface area contributed by atoms with Crippen molar-refractivity contribution < 1.29 is 9.90 Å². The fourth-order valence-corrected chi connectivity index (χ4v) is 2.08. The standard InChI is InChI=1S/C14H18ClNO2/c1-4-16(10(2)3)13-7-6-12(15)9-11(13)5-8-14(17)18/h5-10H,4H2,1-3H3,(H,17,18)/b8-5+. The van der Waals surface area contributed by atoms with Gasteiger partial charge in [-0.15, -0.1) is 0 Å². The number of hydrogen-bond donors (Lipinski definition) is 1. The van der Waals surface area contributed by atoms with Crippen LogP contribution in [-0.2, 0) is 4.79 Å². The van der Waals surface area contributed by atoms with E-state index >= 15 is 0 Å². The van der Waals surface area contributed by atoms with Crippen molar-refractivity contribution in [3.63, 3.8) is 0 Å². The zero-order valence-corrected chi connectivity index (χ0v) is 11.6. The maximum Gasteiger partial charge on any atom is 0.328 e. The highest BCUT2D eigenvalue weighted by Crippen LogP contribution is 2.27. The lowest BCUT2D eigenvalue weighted by Crippen LogP contribution is -2.30. The lowest BCUT2D eigenvalue weighted by atomic mass is 10.1. The molecule has 0 heterocycles. The second-order valence-electron chi connectivity index (χ2n) is 4.25. The first kappa shape index (κ1) is 14.6. The number of carboxylic acid groups (broad SMARTS) is 1. The second kappa shape index (κ2) is 6.45. The van der Waals surface area contributed by atoms with E-state index in [4.69, 9.17) is 16.7 Å². The average Bonchev–Trinajstić information content (AvgIpc) is 2.29. The third-order valence-electron chi connectivity index (χ3n) is 2.67. The topological polar surface area (TPSA) is 40.5 Å². The fourth-order valence-electron chi connectivity index (χ4n) is 1.90. The van der Waals surface area contributed by atoms with Crippen LogP contribution in [0.4, 0.5) is 5.69 Å². The summed E-state index contributed by atoms with van der Waals surface area (Å²) >= 11 is 5.96. The lowest BCUT2D eigenvalue weighted by Gasteiger charge is -2.29. The molecule has 0 aliphatic heterocycles. The maximum absolute atomic E-state index is 10.6. The molecule has 0 saturated carbocycles. The van der Waals surface area contributed by atoms with Crippen molar-refractivity contribution in [2.24, 2.45) is 0 Å². The molecule has 0 aliphatic carbocycles. The van der Waals surface area contributed by atoms with Crippen molar-refractivity contribution in [2.45, 2.75) is 26.8 Å². The molecule has 1 N–H and O–H groups in total. The maximum atomic E-state index is 10.6. The molecule has 0 unspecified atom stereocenters. The van der Waals surface area contributed by atoms with Gasteiger partial charge in [-0.25, -0.2) is 4.79 Å². The van der Waals surface area contributed by atoms with E-state index in [0.29, 0.717) is 11.1 Å². The minimum Gasteiger partial charge on any atom is -0.478 e. The first-order valence-corrected chi connectivity index (χ1v) is 6.30. The fraction of sp³-hybridized carbons (Fsp3) is 0.357. The Morgan fingerprint density at radius 3 is 2.67 bits per heavy atom. The van der Waals surface area contributed by atoms with Crippen LogP contribution in [0.5, 0.6) is 0 Å². The summed E-state index contributed by atoms with van der Waals surface area (Å²) in [6.45, 7) is 7.12. The Morgan fingerprint density at radius 1 is 1.50 bits per heavy atom. The summed E-state index contributed by atoms with van der Waals surface area (Å²) in [5.74, 6) is -0.964. The Hall–Kier alpha value is -1.48. The first-order valence-electron chi connectivity index (χ1n) is 5.93. The zero-order chi connectivity index (χ0) is 13.7. The SMILES string of the molecule is CCN(c1ccc(Cl)cc1/C=C/C(=O)O)C(C)C. The number of carbonyl (C=O) groups is 1. The Labute approximate surface area is 113 Å².